The molecule has 0 atom stereocenters. The summed E-state index contributed by atoms with van der Waals surface area (Å²) >= 11 is 3.47. The van der Waals surface area contributed by atoms with E-state index in [4.69, 9.17) is 5.11 Å². The van der Waals surface area contributed by atoms with Crippen LogP contribution in [0.25, 0.3) is 0 Å². The lowest BCUT2D eigenvalue weighted by molar-refractivity contribution is 0.0697. The fourth-order valence-corrected chi connectivity index (χ4v) is 3.04. The zero-order valence-corrected chi connectivity index (χ0v) is 11.7. The van der Waals surface area contributed by atoms with Gasteiger partial charge >= 0.3 is 5.97 Å². The molecule has 1 heterocycles. The maximum atomic E-state index is 10.9. The summed E-state index contributed by atoms with van der Waals surface area (Å²) in [6.07, 6.45) is 1.02. The summed E-state index contributed by atoms with van der Waals surface area (Å²) in [6.45, 7) is 0.921. The number of rotatable bonds is 2. The van der Waals surface area contributed by atoms with Crippen molar-refractivity contribution in [2.24, 2.45) is 0 Å². The number of hydrogen-bond donors (Lipinski definition) is 1. The monoisotopic (exact) mass is 317 g/mol. The van der Waals surface area contributed by atoms with Crippen LogP contribution in [0.3, 0.4) is 0 Å². The normalized spacial score (nSPS) is 13.4. The van der Waals surface area contributed by atoms with Crippen molar-refractivity contribution in [3.63, 3.8) is 0 Å². The van der Waals surface area contributed by atoms with Crippen LogP contribution >= 0.6 is 15.9 Å². The highest BCUT2D eigenvalue weighted by molar-refractivity contribution is 9.10. The molecule has 0 saturated heterocycles. The molecule has 0 aromatic heterocycles. The van der Waals surface area contributed by atoms with E-state index in [2.05, 4.69) is 33.0 Å². The Morgan fingerprint density at radius 1 is 1.16 bits per heavy atom. The maximum absolute atomic E-state index is 10.9. The minimum atomic E-state index is -0.908. The number of aromatic carboxylic acids is 1. The van der Waals surface area contributed by atoms with E-state index in [1.807, 2.05) is 18.2 Å². The molecular formula is C15H12BrNO2. The smallest absolute Gasteiger partial charge is 0.335 e. The van der Waals surface area contributed by atoms with E-state index in [1.165, 1.54) is 11.3 Å². The summed E-state index contributed by atoms with van der Waals surface area (Å²) in [5.74, 6) is -0.908. The van der Waals surface area contributed by atoms with Crippen LogP contribution in [-0.4, -0.2) is 17.6 Å². The number of carboxylic acids is 1. The number of halogens is 1. The fraction of sp³-hybridized carbons (Fsp3) is 0.133. The van der Waals surface area contributed by atoms with Gasteiger partial charge in [-0.2, -0.15) is 0 Å². The third-order valence-electron chi connectivity index (χ3n) is 3.37. The first-order valence-electron chi connectivity index (χ1n) is 6.05. The molecule has 0 fully saturated rings. The zero-order valence-electron chi connectivity index (χ0n) is 10.1. The second-order valence-electron chi connectivity index (χ2n) is 4.50. The summed E-state index contributed by atoms with van der Waals surface area (Å²) in [4.78, 5) is 13.2. The molecule has 2 aromatic carbocycles. The van der Waals surface area contributed by atoms with E-state index in [0.29, 0.717) is 5.56 Å². The van der Waals surface area contributed by atoms with Crippen molar-refractivity contribution < 1.29 is 9.90 Å². The molecule has 0 radical (unpaired) electrons. The lowest BCUT2D eigenvalue weighted by Gasteiger charge is -2.21. The van der Waals surface area contributed by atoms with Crippen LogP contribution in [0.2, 0.25) is 0 Å². The average molecular weight is 318 g/mol. The van der Waals surface area contributed by atoms with Gasteiger partial charge in [0.15, 0.2) is 0 Å². The number of anilines is 2. The maximum Gasteiger partial charge on any atom is 0.335 e. The molecular weight excluding hydrogens is 306 g/mol. The van der Waals surface area contributed by atoms with Crippen LogP contribution in [0.15, 0.2) is 46.9 Å². The van der Waals surface area contributed by atoms with Gasteiger partial charge in [0.05, 0.1) is 11.3 Å². The van der Waals surface area contributed by atoms with Crippen molar-refractivity contribution in [1.29, 1.82) is 0 Å². The summed E-state index contributed by atoms with van der Waals surface area (Å²) in [6, 6.07) is 13.5. The van der Waals surface area contributed by atoms with E-state index >= 15 is 0 Å². The molecule has 3 rings (SSSR count). The highest BCUT2D eigenvalue weighted by Crippen LogP contribution is 2.38. The predicted octanol–water partition coefficient (Wildman–Crippen LogP) is 3.84. The van der Waals surface area contributed by atoms with Crippen LogP contribution in [0.1, 0.15) is 15.9 Å². The minimum absolute atomic E-state index is 0.295. The van der Waals surface area contributed by atoms with Gasteiger partial charge in [-0.1, -0.05) is 18.2 Å². The quantitative estimate of drug-likeness (QED) is 0.914. The number of para-hydroxylation sites is 1. The van der Waals surface area contributed by atoms with Crippen molar-refractivity contribution in [3.8, 4) is 0 Å². The fourth-order valence-electron chi connectivity index (χ4n) is 2.45. The first-order chi connectivity index (χ1) is 9.16. The molecule has 96 valence electrons. The van der Waals surface area contributed by atoms with Gasteiger partial charge < -0.3 is 10.0 Å². The van der Waals surface area contributed by atoms with Crippen LogP contribution < -0.4 is 4.90 Å². The molecule has 4 heteroatoms. The number of fused-ring (bicyclic) bond motifs is 1. The number of benzene rings is 2. The topological polar surface area (TPSA) is 40.5 Å². The third kappa shape index (κ3) is 2.12. The summed E-state index contributed by atoms with van der Waals surface area (Å²) < 4.78 is 0.809. The lowest BCUT2D eigenvalue weighted by atomic mass is 10.1. The van der Waals surface area contributed by atoms with Crippen molar-refractivity contribution in [2.75, 3.05) is 11.4 Å². The van der Waals surface area contributed by atoms with Crippen LogP contribution in [-0.2, 0) is 6.42 Å². The van der Waals surface area contributed by atoms with Gasteiger partial charge in [-0.05, 0) is 52.2 Å². The van der Waals surface area contributed by atoms with E-state index < -0.39 is 5.97 Å². The summed E-state index contributed by atoms with van der Waals surface area (Å²) in [5.41, 5.74) is 3.83. The SMILES string of the molecule is O=C(O)c1ccc(N2CCc3ccccc32)c(Br)c1. The Labute approximate surface area is 119 Å². The van der Waals surface area contributed by atoms with Gasteiger partial charge in [-0.15, -0.1) is 0 Å². The number of nitrogens with zero attached hydrogens (tertiary/aromatic N) is 1. The van der Waals surface area contributed by atoms with Crippen molar-refractivity contribution >= 4 is 33.3 Å². The van der Waals surface area contributed by atoms with Gasteiger partial charge in [-0.25, -0.2) is 4.79 Å². The Morgan fingerprint density at radius 3 is 2.68 bits per heavy atom. The van der Waals surface area contributed by atoms with E-state index in [-0.39, 0.29) is 0 Å². The van der Waals surface area contributed by atoms with Crippen LogP contribution in [0.5, 0.6) is 0 Å². The first kappa shape index (κ1) is 12.2. The molecule has 0 bridgehead atoms. The molecule has 3 nitrogen and oxygen atoms in total. The second-order valence-corrected chi connectivity index (χ2v) is 5.36. The highest BCUT2D eigenvalue weighted by atomic mass is 79.9. The van der Waals surface area contributed by atoms with Gasteiger partial charge in [0, 0.05) is 16.7 Å². The lowest BCUT2D eigenvalue weighted by Crippen LogP contribution is -2.14. The van der Waals surface area contributed by atoms with E-state index in [1.54, 1.807) is 12.1 Å². The van der Waals surface area contributed by atoms with Gasteiger partial charge in [0.1, 0.15) is 0 Å². The van der Waals surface area contributed by atoms with Crippen molar-refractivity contribution in [1.82, 2.24) is 0 Å². The predicted molar refractivity (Wildman–Crippen MR) is 78.3 cm³/mol. The molecule has 1 N–H and O–H groups in total. The summed E-state index contributed by atoms with van der Waals surface area (Å²) in [7, 11) is 0. The Morgan fingerprint density at radius 2 is 1.95 bits per heavy atom. The molecule has 0 saturated carbocycles. The molecule has 1 aliphatic rings. The van der Waals surface area contributed by atoms with Gasteiger partial charge in [0.25, 0.3) is 0 Å². The second kappa shape index (κ2) is 4.70. The van der Waals surface area contributed by atoms with Gasteiger partial charge in [-0.3, -0.25) is 0 Å². The Hall–Kier alpha value is -1.81. The van der Waals surface area contributed by atoms with Crippen molar-refractivity contribution in [3.05, 3.63) is 58.1 Å². The Bertz CT molecular complexity index is 654. The van der Waals surface area contributed by atoms with Crippen LogP contribution in [0.4, 0.5) is 11.4 Å². The van der Waals surface area contributed by atoms with Gasteiger partial charge in [0.2, 0.25) is 0 Å². The molecule has 0 amide bonds. The third-order valence-corrected chi connectivity index (χ3v) is 4.01. The Kier molecular flexibility index (Phi) is 3.03. The Balaban J connectivity index is 2.03. The highest BCUT2D eigenvalue weighted by Gasteiger charge is 2.21. The first-order valence-corrected chi connectivity index (χ1v) is 6.84. The summed E-state index contributed by atoms with van der Waals surface area (Å²) in [5, 5.41) is 8.99. The zero-order chi connectivity index (χ0) is 13.4. The molecule has 1 aliphatic heterocycles. The standard InChI is InChI=1S/C15H12BrNO2/c16-12-9-11(15(18)19)5-6-14(12)17-8-7-10-3-1-2-4-13(10)17/h1-6,9H,7-8H2,(H,18,19). The van der Waals surface area contributed by atoms with Crippen molar-refractivity contribution in [2.45, 2.75) is 6.42 Å². The van der Waals surface area contributed by atoms with E-state index in [9.17, 15) is 4.79 Å². The molecule has 19 heavy (non-hydrogen) atoms. The molecule has 2 aromatic rings. The van der Waals surface area contributed by atoms with E-state index in [0.717, 1.165) is 23.1 Å². The molecule has 0 spiro atoms. The number of hydrogen-bond acceptors (Lipinski definition) is 2. The number of carbonyl (C=O) groups is 1. The van der Waals surface area contributed by atoms with Crippen LogP contribution in [0, 0.1) is 0 Å². The molecule has 0 unspecified atom stereocenters. The largest absolute Gasteiger partial charge is 0.478 e. The minimum Gasteiger partial charge on any atom is -0.478 e. The molecule has 0 aliphatic carbocycles. The average Bonchev–Trinajstić information content (AvgIpc) is 2.82. The number of carboxylic acid groups (broad SMARTS) is 1.